The van der Waals surface area contributed by atoms with Gasteiger partial charge in [0.25, 0.3) is 0 Å². The number of phenols is 1. The maximum atomic E-state index is 14.9. The number of fused-ring (bicyclic) bond motifs is 1. The van der Waals surface area contributed by atoms with Gasteiger partial charge in [-0.15, -0.1) is 0 Å². The molecule has 3 aromatic rings. The normalized spacial score (nSPS) is 13.7. The number of rotatable bonds is 3. The van der Waals surface area contributed by atoms with Gasteiger partial charge < -0.3 is 10.2 Å². The van der Waals surface area contributed by atoms with Gasteiger partial charge in [0.05, 0.1) is 5.56 Å². The van der Waals surface area contributed by atoms with Crippen LogP contribution in [0.5, 0.6) is 5.75 Å². The Hall–Kier alpha value is -3.11. The van der Waals surface area contributed by atoms with E-state index >= 15 is 0 Å². The summed E-state index contributed by atoms with van der Waals surface area (Å²) >= 11 is 6.47. The van der Waals surface area contributed by atoms with E-state index in [4.69, 9.17) is 11.6 Å². The zero-order valence-electron chi connectivity index (χ0n) is 15.5. The fourth-order valence-corrected chi connectivity index (χ4v) is 4.16. The Morgan fingerprint density at radius 1 is 0.931 bits per heavy atom. The zero-order chi connectivity index (χ0) is 20.5. The van der Waals surface area contributed by atoms with Crippen molar-refractivity contribution in [3.8, 4) is 5.75 Å². The van der Waals surface area contributed by atoms with Crippen molar-refractivity contribution in [2.75, 3.05) is 0 Å². The van der Waals surface area contributed by atoms with E-state index in [0.717, 1.165) is 28.7 Å². The molecule has 0 saturated carbocycles. The molecule has 2 N–H and O–H groups in total. The van der Waals surface area contributed by atoms with E-state index in [0.29, 0.717) is 23.4 Å². The Morgan fingerprint density at radius 3 is 2.48 bits per heavy atom. The smallest absolute Gasteiger partial charge is 0.335 e. The first-order valence-corrected chi connectivity index (χ1v) is 9.67. The van der Waals surface area contributed by atoms with E-state index in [1.54, 1.807) is 18.2 Å². The second-order valence-corrected chi connectivity index (χ2v) is 7.44. The predicted molar refractivity (Wildman–Crippen MR) is 112 cm³/mol. The number of carbonyl (C=O) groups is 1. The number of phenolic OH excluding ortho intramolecular Hbond substituents is 1. The summed E-state index contributed by atoms with van der Waals surface area (Å²) in [5, 5.41) is 19.9. The lowest BCUT2D eigenvalue weighted by Crippen LogP contribution is -2.02. The second kappa shape index (κ2) is 7.72. The molecule has 0 aliphatic heterocycles. The van der Waals surface area contributed by atoms with Crippen LogP contribution in [0.2, 0.25) is 5.02 Å². The summed E-state index contributed by atoms with van der Waals surface area (Å²) in [4.78, 5) is 11.4. The number of hydrogen-bond donors (Lipinski definition) is 2. The van der Waals surface area contributed by atoms with E-state index in [1.165, 1.54) is 24.3 Å². The Kier molecular flexibility index (Phi) is 5.12. The van der Waals surface area contributed by atoms with Crippen molar-refractivity contribution >= 4 is 28.7 Å². The highest BCUT2D eigenvalue weighted by Crippen LogP contribution is 2.43. The molecule has 1 aliphatic carbocycles. The van der Waals surface area contributed by atoms with Crippen molar-refractivity contribution in [3.63, 3.8) is 0 Å². The van der Waals surface area contributed by atoms with Gasteiger partial charge in [-0.2, -0.15) is 0 Å². The van der Waals surface area contributed by atoms with Crippen molar-refractivity contribution in [2.24, 2.45) is 0 Å². The molecule has 3 aromatic carbocycles. The van der Waals surface area contributed by atoms with E-state index in [-0.39, 0.29) is 16.9 Å². The Balaban J connectivity index is 2.07. The highest BCUT2D eigenvalue weighted by Gasteiger charge is 2.24. The Labute approximate surface area is 172 Å². The number of halogens is 2. The first-order chi connectivity index (χ1) is 14.0. The van der Waals surface area contributed by atoms with E-state index < -0.39 is 11.8 Å². The standard InChI is InChI=1S/C24H18ClFO3/c25-21-7-2-1-5-18(21)19-6-3-4-14-12-15(24(28)29)8-10-17(14)23(19)20-13-16(27)9-11-22(20)26/h1-2,5,7-13,27H,3-4,6H2,(H,28,29). The monoisotopic (exact) mass is 408 g/mol. The molecule has 0 fully saturated rings. The summed E-state index contributed by atoms with van der Waals surface area (Å²) in [6.07, 6.45) is 2.07. The number of carboxylic acids is 1. The first-order valence-electron chi connectivity index (χ1n) is 9.29. The van der Waals surface area contributed by atoms with Crippen molar-refractivity contribution in [1.29, 1.82) is 0 Å². The van der Waals surface area contributed by atoms with Crippen molar-refractivity contribution in [1.82, 2.24) is 0 Å². The largest absolute Gasteiger partial charge is 0.508 e. The van der Waals surface area contributed by atoms with Crippen LogP contribution in [0.3, 0.4) is 0 Å². The quantitative estimate of drug-likeness (QED) is 0.544. The number of aromatic carboxylic acids is 1. The van der Waals surface area contributed by atoms with E-state index in [9.17, 15) is 19.4 Å². The topological polar surface area (TPSA) is 57.5 Å². The lowest BCUT2D eigenvalue weighted by atomic mass is 9.87. The minimum Gasteiger partial charge on any atom is -0.508 e. The lowest BCUT2D eigenvalue weighted by Gasteiger charge is -2.18. The van der Waals surface area contributed by atoms with Crippen molar-refractivity contribution < 1.29 is 19.4 Å². The third-order valence-electron chi connectivity index (χ3n) is 5.21. The molecule has 1 aliphatic rings. The Bertz CT molecular complexity index is 1150. The summed E-state index contributed by atoms with van der Waals surface area (Å²) in [6, 6.07) is 16.2. The van der Waals surface area contributed by atoms with Crippen LogP contribution in [0.4, 0.5) is 4.39 Å². The molecule has 0 radical (unpaired) electrons. The molecule has 0 saturated heterocycles. The van der Waals surface area contributed by atoms with Crippen LogP contribution >= 0.6 is 11.6 Å². The van der Waals surface area contributed by atoms with Gasteiger partial charge >= 0.3 is 5.97 Å². The van der Waals surface area contributed by atoms with Crippen LogP contribution in [0.15, 0.2) is 60.7 Å². The molecule has 5 heteroatoms. The molecular formula is C24H18ClFO3. The molecule has 0 amide bonds. The van der Waals surface area contributed by atoms with Gasteiger partial charge in [0.15, 0.2) is 0 Å². The minimum absolute atomic E-state index is 0.0413. The summed E-state index contributed by atoms with van der Waals surface area (Å²) in [7, 11) is 0. The minimum atomic E-state index is -1.00. The van der Waals surface area contributed by atoms with Gasteiger partial charge in [0, 0.05) is 10.6 Å². The number of aromatic hydroxyl groups is 1. The summed E-state index contributed by atoms with van der Waals surface area (Å²) in [5.74, 6) is -1.50. The first kappa shape index (κ1) is 19.2. The van der Waals surface area contributed by atoms with E-state index in [2.05, 4.69) is 0 Å². The highest BCUT2D eigenvalue weighted by atomic mass is 35.5. The molecule has 0 spiro atoms. The van der Waals surface area contributed by atoms with Crippen LogP contribution in [-0.4, -0.2) is 16.2 Å². The molecule has 29 heavy (non-hydrogen) atoms. The van der Waals surface area contributed by atoms with Gasteiger partial charge in [0.1, 0.15) is 11.6 Å². The summed E-state index contributed by atoms with van der Waals surface area (Å²) in [5.41, 5.74) is 4.38. The van der Waals surface area contributed by atoms with Gasteiger partial charge in [-0.1, -0.05) is 35.9 Å². The molecule has 0 atom stereocenters. The number of hydrogen-bond acceptors (Lipinski definition) is 2. The average molecular weight is 409 g/mol. The molecular weight excluding hydrogens is 391 g/mol. The number of allylic oxidation sites excluding steroid dienone is 1. The van der Waals surface area contributed by atoms with Gasteiger partial charge in [-0.05, 0) is 83.5 Å². The summed E-state index contributed by atoms with van der Waals surface area (Å²) < 4.78 is 14.9. The predicted octanol–water partition coefficient (Wildman–Crippen LogP) is 6.18. The van der Waals surface area contributed by atoms with Crippen molar-refractivity contribution in [2.45, 2.75) is 19.3 Å². The van der Waals surface area contributed by atoms with Gasteiger partial charge in [-0.25, -0.2) is 9.18 Å². The second-order valence-electron chi connectivity index (χ2n) is 7.03. The van der Waals surface area contributed by atoms with Crippen LogP contribution in [-0.2, 0) is 6.42 Å². The van der Waals surface area contributed by atoms with Crippen LogP contribution in [0.1, 0.15) is 45.5 Å². The SMILES string of the molecule is O=C(O)c1ccc2c(c1)CCCC(c1ccccc1Cl)=C2c1cc(O)ccc1F. The number of carboxylic acid groups (broad SMARTS) is 1. The Morgan fingerprint density at radius 2 is 1.72 bits per heavy atom. The van der Waals surface area contributed by atoms with Gasteiger partial charge in [0.2, 0.25) is 0 Å². The van der Waals surface area contributed by atoms with E-state index in [1.807, 2.05) is 18.2 Å². The molecule has 4 rings (SSSR count). The highest BCUT2D eigenvalue weighted by molar-refractivity contribution is 6.32. The maximum Gasteiger partial charge on any atom is 0.335 e. The third kappa shape index (κ3) is 3.64. The molecule has 0 aromatic heterocycles. The molecule has 0 unspecified atom stereocenters. The van der Waals surface area contributed by atoms with Crippen LogP contribution < -0.4 is 0 Å². The maximum absolute atomic E-state index is 14.9. The molecule has 3 nitrogen and oxygen atoms in total. The van der Waals surface area contributed by atoms with Gasteiger partial charge in [-0.3, -0.25) is 0 Å². The van der Waals surface area contributed by atoms with Crippen LogP contribution in [0, 0.1) is 5.82 Å². The number of aryl methyl sites for hydroxylation is 1. The molecule has 0 heterocycles. The lowest BCUT2D eigenvalue weighted by molar-refractivity contribution is 0.0696. The van der Waals surface area contributed by atoms with Crippen molar-refractivity contribution in [3.05, 3.63) is 99.3 Å². The zero-order valence-corrected chi connectivity index (χ0v) is 16.2. The summed E-state index contributed by atoms with van der Waals surface area (Å²) in [6.45, 7) is 0. The van der Waals surface area contributed by atoms with Crippen LogP contribution in [0.25, 0.3) is 11.1 Å². The third-order valence-corrected chi connectivity index (χ3v) is 5.54. The molecule has 0 bridgehead atoms. The average Bonchev–Trinajstić information content (AvgIpc) is 2.89. The number of benzene rings is 3. The fraction of sp³-hybridized carbons (Fsp3) is 0.125. The fourth-order valence-electron chi connectivity index (χ4n) is 3.91. The molecule has 146 valence electrons.